The molecule has 4 amide bonds. The zero-order chi connectivity index (χ0) is 25.0. The van der Waals surface area contributed by atoms with E-state index >= 15 is 0 Å². The van der Waals surface area contributed by atoms with Gasteiger partial charge in [0.1, 0.15) is 12.3 Å². The average Bonchev–Trinajstić information content (AvgIpc) is 3.28. The van der Waals surface area contributed by atoms with Gasteiger partial charge in [0.05, 0.1) is 18.5 Å². The Hall–Kier alpha value is -4.29. The summed E-state index contributed by atoms with van der Waals surface area (Å²) in [4.78, 5) is 83.7. The summed E-state index contributed by atoms with van der Waals surface area (Å²) in [6.07, 6.45) is 4.70. The van der Waals surface area contributed by atoms with Crippen molar-refractivity contribution in [2.24, 2.45) is 17.4 Å². The monoisotopic (exact) mass is 467 g/mol. The highest BCUT2D eigenvalue weighted by Gasteiger charge is 2.32. The number of imide groups is 1. The van der Waals surface area contributed by atoms with Crippen molar-refractivity contribution in [3.05, 3.63) is 48.1 Å². The zero-order valence-electron chi connectivity index (χ0n) is 17.7. The van der Waals surface area contributed by atoms with Crippen molar-refractivity contribution in [1.29, 1.82) is 0 Å². The van der Waals surface area contributed by atoms with Gasteiger partial charge in [-0.25, -0.2) is 0 Å². The molecule has 1 aliphatic carbocycles. The number of nitrogens with zero attached hydrogens (tertiary/aromatic N) is 1. The molecule has 12 heteroatoms. The zero-order valence-corrected chi connectivity index (χ0v) is 17.7. The molecule has 6 N–H and O–H groups in total. The van der Waals surface area contributed by atoms with Gasteiger partial charge < -0.3 is 22.1 Å². The molecular weight excluding hydrogens is 446 g/mol. The lowest BCUT2D eigenvalue weighted by atomic mass is 9.96. The average molecular weight is 467 g/mol. The Morgan fingerprint density at radius 3 is 1.85 bits per heavy atom. The Labute approximate surface area is 193 Å². The normalized spacial score (nSPS) is 17.3. The van der Waals surface area contributed by atoms with E-state index in [1.54, 1.807) is 0 Å². The predicted molar refractivity (Wildman–Crippen MR) is 118 cm³/mol. The van der Waals surface area contributed by atoms with Gasteiger partial charge in [-0.05, 0) is 36.8 Å². The molecule has 0 fully saturated rings. The number of carbonyl (C=O) groups is 7. The molecule has 0 spiro atoms. The number of hydrogen-bond acceptors (Lipinski definition) is 9. The van der Waals surface area contributed by atoms with E-state index < -0.39 is 53.2 Å². The van der Waals surface area contributed by atoms with Crippen LogP contribution in [0.2, 0.25) is 0 Å². The van der Waals surface area contributed by atoms with Crippen molar-refractivity contribution in [1.82, 2.24) is 4.90 Å². The number of benzene rings is 1. The molecule has 0 saturated heterocycles. The van der Waals surface area contributed by atoms with Crippen LogP contribution in [-0.4, -0.2) is 65.0 Å². The summed E-state index contributed by atoms with van der Waals surface area (Å²) in [6.45, 7) is -0.351. The third-order valence-electron chi connectivity index (χ3n) is 5.17. The molecule has 2 unspecified atom stereocenters. The summed E-state index contributed by atoms with van der Waals surface area (Å²) >= 11 is 0. The summed E-state index contributed by atoms with van der Waals surface area (Å²) in [5.74, 6) is -4.48. The van der Waals surface area contributed by atoms with E-state index in [1.165, 1.54) is 18.2 Å². The minimum atomic E-state index is -1.26. The van der Waals surface area contributed by atoms with E-state index in [9.17, 15) is 33.6 Å². The molecular formula is C22H21N5O7. The van der Waals surface area contributed by atoms with Gasteiger partial charge >= 0.3 is 0 Å². The molecule has 0 bridgehead atoms. The molecule has 0 saturated carbocycles. The fourth-order valence-corrected chi connectivity index (χ4v) is 3.35. The second-order valence-electron chi connectivity index (χ2n) is 7.70. The number of amides is 4. The smallest absolute Gasteiger partial charge is 0.253 e. The van der Waals surface area contributed by atoms with Gasteiger partial charge in [0.25, 0.3) is 11.8 Å². The van der Waals surface area contributed by atoms with E-state index in [4.69, 9.17) is 11.5 Å². The first kappa shape index (κ1) is 24.4. The van der Waals surface area contributed by atoms with Crippen LogP contribution in [0.5, 0.6) is 0 Å². The van der Waals surface area contributed by atoms with Gasteiger partial charge in [0.15, 0.2) is 11.6 Å². The number of anilines is 2. The van der Waals surface area contributed by atoms with Crippen LogP contribution < -0.4 is 22.1 Å². The maximum Gasteiger partial charge on any atom is 0.253 e. The fraction of sp³-hybridized carbons (Fsp3) is 0.227. The Morgan fingerprint density at radius 1 is 0.853 bits per heavy atom. The second-order valence-corrected chi connectivity index (χ2v) is 7.70. The molecule has 1 heterocycles. The SMILES string of the molecule is NC(CC1C(=O)C=CC1=O)C(=O)Nc1cc(C=O)cc(NC(=O)C(N)CN2C(=O)C=CC2=O)c1. The summed E-state index contributed by atoms with van der Waals surface area (Å²) < 4.78 is 0. The number of nitrogens with one attached hydrogen (secondary N) is 2. The lowest BCUT2D eigenvalue weighted by Gasteiger charge is -2.19. The Kier molecular flexibility index (Phi) is 7.24. The molecule has 2 aliphatic rings. The van der Waals surface area contributed by atoms with Crippen molar-refractivity contribution >= 4 is 52.9 Å². The standard InChI is InChI=1S/C22H21N5O7/c23-15(8-14-17(29)1-2-18(14)30)21(33)25-12-5-11(10-28)6-13(7-12)26-22(34)16(24)9-27-19(31)3-4-20(27)32/h1-7,10,14-16H,8-9,23-24H2,(H,25,33)(H,26,34). The molecule has 2 atom stereocenters. The molecule has 0 aromatic heterocycles. The Bertz CT molecular complexity index is 1040. The summed E-state index contributed by atoms with van der Waals surface area (Å²) in [7, 11) is 0. The van der Waals surface area contributed by atoms with Gasteiger partial charge in [-0.15, -0.1) is 0 Å². The van der Waals surface area contributed by atoms with Crippen molar-refractivity contribution < 1.29 is 33.6 Å². The maximum atomic E-state index is 12.5. The van der Waals surface area contributed by atoms with E-state index in [-0.39, 0.29) is 29.9 Å². The number of carbonyl (C=O) groups excluding carboxylic acids is 7. The van der Waals surface area contributed by atoms with Crippen molar-refractivity contribution in [2.75, 3.05) is 17.2 Å². The Morgan fingerprint density at radius 2 is 1.35 bits per heavy atom. The molecule has 176 valence electrons. The number of nitrogens with two attached hydrogens (primary N) is 2. The van der Waals surface area contributed by atoms with Gasteiger partial charge in [0, 0.05) is 29.1 Å². The first-order valence-corrected chi connectivity index (χ1v) is 10.1. The number of aldehydes is 1. The van der Waals surface area contributed by atoms with E-state index in [2.05, 4.69) is 10.6 Å². The number of hydrogen-bond donors (Lipinski definition) is 4. The minimum absolute atomic E-state index is 0.106. The van der Waals surface area contributed by atoms with Crippen LogP contribution in [0.3, 0.4) is 0 Å². The topological polar surface area (TPSA) is 199 Å². The first-order valence-electron chi connectivity index (χ1n) is 10.1. The quantitative estimate of drug-likeness (QED) is 0.193. The van der Waals surface area contributed by atoms with Crippen LogP contribution in [0.15, 0.2) is 42.5 Å². The molecule has 1 aliphatic heterocycles. The molecule has 3 rings (SSSR count). The third-order valence-corrected chi connectivity index (χ3v) is 5.17. The lowest BCUT2D eigenvalue weighted by molar-refractivity contribution is -0.137. The maximum absolute atomic E-state index is 12.5. The summed E-state index contributed by atoms with van der Waals surface area (Å²) in [5.41, 5.74) is 12.0. The fourth-order valence-electron chi connectivity index (χ4n) is 3.35. The predicted octanol–water partition coefficient (Wildman–Crippen LogP) is -1.33. The van der Waals surface area contributed by atoms with E-state index in [0.29, 0.717) is 6.29 Å². The second kappa shape index (κ2) is 10.1. The third kappa shape index (κ3) is 5.54. The van der Waals surface area contributed by atoms with Gasteiger partial charge in [0.2, 0.25) is 11.8 Å². The van der Waals surface area contributed by atoms with Crippen LogP contribution in [0.1, 0.15) is 16.8 Å². The molecule has 1 aromatic carbocycles. The highest BCUT2D eigenvalue weighted by Crippen LogP contribution is 2.21. The van der Waals surface area contributed by atoms with Crippen LogP contribution in [0, 0.1) is 5.92 Å². The summed E-state index contributed by atoms with van der Waals surface area (Å²) in [6, 6.07) is 1.54. The van der Waals surface area contributed by atoms with Gasteiger partial charge in [-0.2, -0.15) is 0 Å². The first-order chi connectivity index (χ1) is 16.1. The van der Waals surface area contributed by atoms with Gasteiger partial charge in [-0.1, -0.05) is 0 Å². The van der Waals surface area contributed by atoms with E-state index in [0.717, 1.165) is 29.2 Å². The molecule has 1 aromatic rings. The highest BCUT2D eigenvalue weighted by atomic mass is 16.2. The lowest BCUT2D eigenvalue weighted by Crippen LogP contribution is -2.47. The molecule has 0 radical (unpaired) electrons. The van der Waals surface area contributed by atoms with E-state index in [1.807, 2.05) is 0 Å². The summed E-state index contributed by atoms with van der Waals surface area (Å²) in [5, 5.41) is 4.94. The minimum Gasteiger partial charge on any atom is -0.325 e. The van der Waals surface area contributed by atoms with Crippen molar-refractivity contribution in [3.8, 4) is 0 Å². The Balaban J connectivity index is 1.65. The number of ketones is 2. The number of rotatable bonds is 9. The van der Waals surface area contributed by atoms with Crippen molar-refractivity contribution in [2.45, 2.75) is 18.5 Å². The van der Waals surface area contributed by atoms with Gasteiger partial charge in [-0.3, -0.25) is 38.5 Å². The van der Waals surface area contributed by atoms with Crippen LogP contribution in [0.4, 0.5) is 11.4 Å². The molecule has 12 nitrogen and oxygen atoms in total. The van der Waals surface area contributed by atoms with Crippen molar-refractivity contribution in [3.63, 3.8) is 0 Å². The number of allylic oxidation sites excluding steroid dienone is 2. The van der Waals surface area contributed by atoms with Crippen LogP contribution in [-0.2, 0) is 28.8 Å². The largest absolute Gasteiger partial charge is 0.325 e. The van der Waals surface area contributed by atoms with Crippen LogP contribution in [0.25, 0.3) is 0 Å². The van der Waals surface area contributed by atoms with Crippen LogP contribution >= 0.6 is 0 Å². The highest BCUT2D eigenvalue weighted by molar-refractivity contribution is 6.19. The molecule has 34 heavy (non-hydrogen) atoms.